The summed E-state index contributed by atoms with van der Waals surface area (Å²) in [5.74, 6) is 0.748. The largest absolute Gasteiger partial charge is 0.489 e. The number of anilines is 2. The van der Waals surface area contributed by atoms with E-state index in [9.17, 15) is 0 Å². The number of nitrogens with two attached hydrogens (primary N) is 2. The molecule has 0 heterocycles. The van der Waals surface area contributed by atoms with Crippen LogP contribution in [0.5, 0.6) is 5.75 Å². The molecule has 0 aliphatic rings. The van der Waals surface area contributed by atoms with Gasteiger partial charge in [0.05, 0.1) is 11.4 Å². The van der Waals surface area contributed by atoms with Crippen molar-refractivity contribution in [3.63, 3.8) is 0 Å². The second kappa shape index (κ2) is 4.78. The normalized spacial score (nSPS) is 10.2. The summed E-state index contributed by atoms with van der Waals surface area (Å²) in [4.78, 5) is 0. The molecule has 88 valence electrons. The maximum Gasteiger partial charge on any atom is 0.122 e. The fourth-order valence-corrected chi connectivity index (χ4v) is 1.62. The summed E-state index contributed by atoms with van der Waals surface area (Å²) in [6.45, 7) is 2.45. The minimum Gasteiger partial charge on any atom is -0.489 e. The van der Waals surface area contributed by atoms with Crippen molar-refractivity contribution in [2.24, 2.45) is 0 Å². The number of hydrogen-bond acceptors (Lipinski definition) is 3. The Bertz CT molecular complexity index is 486. The van der Waals surface area contributed by atoms with Crippen LogP contribution >= 0.6 is 0 Å². The number of benzene rings is 2. The molecule has 0 fully saturated rings. The number of nitrogen functional groups attached to an aromatic ring is 2. The highest BCUT2D eigenvalue weighted by atomic mass is 16.5. The Hall–Kier alpha value is -2.16. The third-order valence-electron chi connectivity index (χ3n) is 2.64. The Morgan fingerprint density at radius 3 is 2.41 bits per heavy atom. The molecule has 2 rings (SSSR count). The quantitative estimate of drug-likeness (QED) is 0.794. The number of hydrogen-bond donors (Lipinski definition) is 2. The fraction of sp³-hybridized carbons (Fsp3) is 0.143. The zero-order valence-corrected chi connectivity index (χ0v) is 9.81. The first-order valence-electron chi connectivity index (χ1n) is 5.49. The average molecular weight is 228 g/mol. The van der Waals surface area contributed by atoms with E-state index >= 15 is 0 Å². The van der Waals surface area contributed by atoms with E-state index in [0.29, 0.717) is 18.0 Å². The van der Waals surface area contributed by atoms with E-state index in [1.165, 1.54) is 0 Å². The van der Waals surface area contributed by atoms with Gasteiger partial charge in [0.15, 0.2) is 0 Å². The summed E-state index contributed by atoms with van der Waals surface area (Å²) in [6, 6.07) is 13.7. The maximum atomic E-state index is 5.79. The molecule has 0 aromatic heterocycles. The topological polar surface area (TPSA) is 61.3 Å². The number of aryl methyl sites for hydroxylation is 1. The lowest BCUT2D eigenvalue weighted by atomic mass is 10.1. The molecule has 0 atom stereocenters. The molecule has 0 aliphatic carbocycles. The predicted molar refractivity (Wildman–Crippen MR) is 70.8 cm³/mol. The van der Waals surface area contributed by atoms with Crippen LogP contribution in [-0.4, -0.2) is 0 Å². The van der Waals surface area contributed by atoms with Gasteiger partial charge in [0, 0.05) is 6.07 Å². The Balaban J connectivity index is 2.10. The first-order chi connectivity index (χ1) is 8.16. The molecule has 17 heavy (non-hydrogen) atoms. The van der Waals surface area contributed by atoms with Crippen molar-refractivity contribution >= 4 is 11.4 Å². The first-order valence-corrected chi connectivity index (χ1v) is 5.49. The summed E-state index contributed by atoms with van der Waals surface area (Å²) in [5.41, 5.74) is 14.8. The van der Waals surface area contributed by atoms with Gasteiger partial charge in [-0.1, -0.05) is 30.3 Å². The van der Waals surface area contributed by atoms with Crippen molar-refractivity contribution in [1.82, 2.24) is 0 Å². The minimum absolute atomic E-state index is 0.531. The summed E-state index contributed by atoms with van der Waals surface area (Å²) >= 11 is 0. The van der Waals surface area contributed by atoms with Crippen LogP contribution in [0.1, 0.15) is 11.1 Å². The van der Waals surface area contributed by atoms with Crippen molar-refractivity contribution < 1.29 is 4.74 Å². The molecule has 0 saturated carbocycles. The highest BCUT2D eigenvalue weighted by Gasteiger charge is 2.03. The van der Waals surface area contributed by atoms with E-state index < -0.39 is 0 Å². The lowest BCUT2D eigenvalue weighted by Crippen LogP contribution is -2.00. The first kappa shape index (κ1) is 11.3. The molecule has 4 N–H and O–H groups in total. The molecular weight excluding hydrogens is 212 g/mol. The monoisotopic (exact) mass is 228 g/mol. The summed E-state index contributed by atoms with van der Waals surface area (Å²) in [6.07, 6.45) is 0. The summed E-state index contributed by atoms with van der Waals surface area (Å²) in [5, 5.41) is 0. The van der Waals surface area contributed by atoms with E-state index in [0.717, 1.165) is 16.9 Å². The molecule has 3 nitrogen and oxygen atoms in total. The minimum atomic E-state index is 0.531. The van der Waals surface area contributed by atoms with Crippen LogP contribution in [0.2, 0.25) is 0 Å². The Kier molecular flexibility index (Phi) is 3.19. The lowest BCUT2D eigenvalue weighted by Gasteiger charge is -2.10. The highest BCUT2D eigenvalue weighted by Crippen LogP contribution is 2.26. The second-order valence-electron chi connectivity index (χ2n) is 4.02. The van der Waals surface area contributed by atoms with Crippen molar-refractivity contribution in [2.45, 2.75) is 13.5 Å². The van der Waals surface area contributed by atoms with Crippen LogP contribution in [0.15, 0.2) is 42.5 Å². The van der Waals surface area contributed by atoms with Crippen LogP contribution < -0.4 is 16.2 Å². The predicted octanol–water partition coefficient (Wildman–Crippen LogP) is 2.74. The number of ether oxygens (including phenoxy) is 1. The van der Waals surface area contributed by atoms with Gasteiger partial charge < -0.3 is 16.2 Å². The van der Waals surface area contributed by atoms with Crippen molar-refractivity contribution in [3.8, 4) is 5.75 Å². The molecule has 3 heteroatoms. The van der Waals surface area contributed by atoms with Crippen molar-refractivity contribution in [3.05, 3.63) is 53.6 Å². The van der Waals surface area contributed by atoms with Gasteiger partial charge in [0.25, 0.3) is 0 Å². The Morgan fingerprint density at radius 1 is 1.06 bits per heavy atom. The molecule has 2 aromatic rings. The van der Waals surface area contributed by atoms with Gasteiger partial charge in [0.2, 0.25) is 0 Å². The van der Waals surface area contributed by atoms with Gasteiger partial charge >= 0.3 is 0 Å². The zero-order chi connectivity index (χ0) is 12.3. The van der Waals surface area contributed by atoms with E-state index in [-0.39, 0.29) is 0 Å². The Morgan fingerprint density at radius 2 is 1.76 bits per heavy atom. The van der Waals surface area contributed by atoms with Gasteiger partial charge in [-0.3, -0.25) is 0 Å². The van der Waals surface area contributed by atoms with E-state index in [2.05, 4.69) is 0 Å². The average Bonchev–Trinajstić information content (AvgIpc) is 2.34. The molecular formula is C14H16N2O. The van der Waals surface area contributed by atoms with E-state index in [1.807, 2.05) is 43.3 Å². The molecule has 0 unspecified atom stereocenters. The number of rotatable bonds is 3. The van der Waals surface area contributed by atoms with Crippen LogP contribution in [0, 0.1) is 6.92 Å². The smallest absolute Gasteiger partial charge is 0.122 e. The summed E-state index contributed by atoms with van der Waals surface area (Å²) in [7, 11) is 0. The molecule has 2 aromatic carbocycles. The van der Waals surface area contributed by atoms with E-state index in [4.69, 9.17) is 16.2 Å². The standard InChI is InChI=1S/C14H16N2O/c1-10-7-12(8-13(15)14(10)16)17-9-11-5-3-2-4-6-11/h2-8H,9,15-16H2,1H3. The van der Waals surface area contributed by atoms with Crippen molar-refractivity contribution in [2.75, 3.05) is 11.5 Å². The zero-order valence-electron chi connectivity index (χ0n) is 9.81. The van der Waals surface area contributed by atoms with Crippen LogP contribution in [0.3, 0.4) is 0 Å². The van der Waals surface area contributed by atoms with Gasteiger partial charge in [0.1, 0.15) is 12.4 Å². The van der Waals surface area contributed by atoms with E-state index in [1.54, 1.807) is 6.07 Å². The molecule has 0 bridgehead atoms. The van der Waals surface area contributed by atoms with Crippen LogP contribution in [-0.2, 0) is 6.61 Å². The Labute approximate surface area is 101 Å². The van der Waals surface area contributed by atoms with Gasteiger partial charge in [-0.2, -0.15) is 0 Å². The summed E-state index contributed by atoms with van der Waals surface area (Å²) < 4.78 is 5.67. The second-order valence-corrected chi connectivity index (χ2v) is 4.02. The maximum absolute atomic E-state index is 5.79. The third kappa shape index (κ3) is 2.69. The molecule has 0 saturated heterocycles. The third-order valence-corrected chi connectivity index (χ3v) is 2.64. The molecule has 0 aliphatic heterocycles. The lowest BCUT2D eigenvalue weighted by molar-refractivity contribution is 0.306. The van der Waals surface area contributed by atoms with Gasteiger partial charge in [-0.25, -0.2) is 0 Å². The van der Waals surface area contributed by atoms with Crippen LogP contribution in [0.4, 0.5) is 11.4 Å². The van der Waals surface area contributed by atoms with Gasteiger partial charge in [-0.15, -0.1) is 0 Å². The van der Waals surface area contributed by atoms with Crippen molar-refractivity contribution in [1.29, 1.82) is 0 Å². The molecule has 0 radical (unpaired) electrons. The molecule has 0 amide bonds. The van der Waals surface area contributed by atoms with Crippen LogP contribution in [0.25, 0.3) is 0 Å². The molecule has 0 spiro atoms. The van der Waals surface area contributed by atoms with Gasteiger partial charge in [-0.05, 0) is 24.1 Å². The highest BCUT2D eigenvalue weighted by molar-refractivity contribution is 5.69. The SMILES string of the molecule is Cc1cc(OCc2ccccc2)cc(N)c1N. The fourth-order valence-electron chi connectivity index (χ4n) is 1.62.